The van der Waals surface area contributed by atoms with Crippen LogP contribution in [0.4, 0.5) is 0 Å². The van der Waals surface area contributed by atoms with Crippen LogP contribution in [0.3, 0.4) is 0 Å². The molecule has 2 N–H and O–H groups in total. The summed E-state index contributed by atoms with van der Waals surface area (Å²) < 4.78 is 0. The predicted octanol–water partition coefficient (Wildman–Crippen LogP) is 1.78. The van der Waals surface area contributed by atoms with Crippen molar-refractivity contribution < 1.29 is 5.11 Å². The molecule has 1 rings (SSSR count). The number of aliphatic hydroxyl groups is 1. The molecule has 0 radical (unpaired) electrons. The standard InChI is InChI=1S/C11H23NO/c1-9(2)7-11(8-13)12-6-5-10-3-4-10/h9-13H,3-8H2,1-2H3. The van der Waals surface area contributed by atoms with Gasteiger partial charge in [-0.05, 0) is 31.2 Å². The van der Waals surface area contributed by atoms with E-state index in [4.69, 9.17) is 5.11 Å². The molecular weight excluding hydrogens is 162 g/mol. The maximum atomic E-state index is 9.09. The van der Waals surface area contributed by atoms with Crippen LogP contribution in [-0.4, -0.2) is 24.3 Å². The summed E-state index contributed by atoms with van der Waals surface area (Å²) in [6.07, 6.45) is 5.24. The summed E-state index contributed by atoms with van der Waals surface area (Å²) in [7, 11) is 0. The molecule has 2 heteroatoms. The first kappa shape index (κ1) is 11.0. The molecule has 1 aliphatic carbocycles. The van der Waals surface area contributed by atoms with Crippen molar-refractivity contribution in [1.82, 2.24) is 5.32 Å². The van der Waals surface area contributed by atoms with E-state index in [-0.39, 0.29) is 6.61 Å². The molecule has 0 saturated heterocycles. The van der Waals surface area contributed by atoms with Gasteiger partial charge in [0.25, 0.3) is 0 Å². The monoisotopic (exact) mass is 185 g/mol. The summed E-state index contributed by atoms with van der Waals surface area (Å²) in [6.45, 7) is 5.77. The van der Waals surface area contributed by atoms with Crippen LogP contribution in [-0.2, 0) is 0 Å². The van der Waals surface area contributed by atoms with Gasteiger partial charge in [0.15, 0.2) is 0 Å². The highest BCUT2D eigenvalue weighted by molar-refractivity contribution is 4.75. The van der Waals surface area contributed by atoms with Crippen LogP contribution in [0.15, 0.2) is 0 Å². The van der Waals surface area contributed by atoms with Crippen molar-refractivity contribution in [2.24, 2.45) is 11.8 Å². The maximum Gasteiger partial charge on any atom is 0.0584 e. The molecule has 0 aromatic rings. The number of rotatable bonds is 7. The minimum Gasteiger partial charge on any atom is -0.395 e. The second kappa shape index (κ2) is 5.61. The largest absolute Gasteiger partial charge is 0.395 e. The van der Waals surface area contributed by atoms with Crippen molar-refractivity contribution in [1.29, 1.82) is 0 Å². The fourth-order valence-corrected chi connectivity index (χ4v) is 1.69. The lowest BCUT2D eigenvalue weighted by Gasteiger charge is -2.17. The van der Waals surface area contributed by atoms with Gasteiger partial charge in [0.05, 0.1) is 6.61 Å². The van der Waals surface area contributed by atoms with E-state index in [9.17, 15) is 0 Å². The van der Waals surface area contributed by atoms with Gasteiger partial charge in [-0.2, -0.15) is 0 Å². The molecule has 0 aromatic carbocycles. The summed E-state index contributed by atoms with van der Waals surface area (Å²) >= 11 is 0. The summed E-state index contributed by atoms with van der Waals surface area (Å²) in [4.78, 5) is 0. The zero-order chi connectivity index (χ0) is 9.68. The minimum atomic E-state index is 0.281. The fraction of sp³-hybridized carbons (Fsp3) is 1.00. The van der Waals surface area contributed by atoms with Crippen LogP contribution in [0.25, 0.3) is 0 Å². The van der Waals surface area contributed by atoms with E-state index >= 15 is 0 Å². The molecule has 1 saturated carbocycles. The molecular formula is C11H23NO. The molecule has 78 valence electrons. The normalized spacial score (nSPS) is 19.4. The molecule has 0 aliphatic heterocycles. The van der Waals surface area contributed by atoms with Crippen LogP contribution >= 0.6 is 0 Å². The summed E-state index contributed by atoms with van der Waals surface area (Å²) in [5.74, 6) is 1.66. The predicted molar refractivity (Wildman–Crippen MR) is 55.7 cm³/mol. The lowest BCUT2D eigenvalue weighted by molar-refractivity contribution is 0.224. The quantitative estimate of drug-likeness (QED) is 0.633. The van der Waals surface area contributed by atoms with Crippen LogP contribution in [0.5, 0.6) is 0 Å². The smallest absolute Gasteiger partial charge is 0.0584 e. The van der Waals surface area contributed by atoms with E-state index < -0.39 is 0 Å². The highest BCUT2D eigenvalue weighted by Crippen LogP contribution is 2.31. The van der Waals surface area contributed by atoms with Crippen molar-refractivity contribution in [2.75, 3.05) is 13.2 Å². The van der Waals surface area contributed by atoms with Gasteiger partial charge < -0.3 is 10.4 Å². The molecule has 0 aromatic heterocycles. The lowest BCUT2D eigenvalue weighted by atomic mass is 10.0. The third-order valence-electron chi connectivity index (χ3n) is 2.66. The molecule has 1 atom stereocenters. The Morgan fingerprint density at radius 3 is 2.54 bits per heavy atom. The van der Waals surface area contributed by atoms with Gasteiger partial charge >= 0.3 is 0 Å². The van der Waals surface area contributed by atoms with E-state index in [1.54, 1.807) is 0 Å². The van der Waals surface area contributed by atoms with Crippen LogP contribution in [0.2, 0.25) is 0 Å². The molecule has 2 nitrogen and oxygen atoms in total. The SMILES string of the molecule is CC(C)CC(CO)NCCC1CC1. The Morgan fingerprint density at radius 2 is 2.08 bits per heavy atom. The summed E-state index contributed by atoms with van der Waals surface area (Å²) in [5, 5.41) is 12.5. The molecule has 1 fully saturated rings. The van der Waals surface area contributed by atoms with Crippen LogP contribution in [0.1, 0.15) is 39.5 Å². The highest BCUT2D eigenvalue weighted by Gasteiger charge is 2.20. The van der Waals surface area contributed by atoms with Gasteiger partial charge in [0, 0.05) is 6.04 Å². The van der Waals surface area contributed by atoms with Crippen LogP contribution < -0.4 is 5.32 Å². The Kier molecular flexibility index (Phi) is 4.74. The maximum absolute atomic E-state index is 9.09. The molecule has 0 amide bonds. The van der Waals surface area contributed by atoms with E-state index in [0.29, 0.717) is 12.0 Å². The van der Waals surface area contributed by atoms with Gasteiger partial charge in [0.2, 0.25) is 0 Å². The Bertz CT molecular complexity index is 132. The first-order valence-corrected chi connectivity index (χ1v) is 5.56. The molecule has 1 unspecified atom stereocenters. The Morgan fingerprint density at radius 1 is 1.38 bits per heavy atom. The second-order valence-electron chi connectivity index (χ2n) is 4.70. The zero-order valence-electron chi connectivity index (χ0n) is 8.92. The van der Waals surface area contributed by atoms with Gasteiger partial charge in [-0.25, -0.2) is 0 Å². The number of hydrogen-bond donors (Lipinski definition) is 2. The average Bonchev–Trinajstić information content (AvgIpc) is 2.85. The molecule has 0 bridgehead atoms. The van der Waals surface area contributed by atoms with Crippen molar-refractivity contribution in [3.63, 3.8) is 0 Å². The van der Waals surface area contributed by atoms with Crippen molar-refractivity contribution in [3.05, 3.63) is 0 Å². The minimum absolute atomic E-state index is 0.281. The van der Waals surface area contributed by atoms with E-state index in [0.717, 1.165) is 18.9 Å². The Balaban J connectivity index is 2.00. The fourth-order valence-electron chi connectivity index (χ4n) is 1.69. The summed E-state index contributed by atoms with van der Waals surface area (Å²) in [6, 6.07) is 0.318. The Labute approximate surface area is 81.7 Å². The molecule has 1 aliphatic rings. The third-order valence-corrected chi connectivity index (χ3v) is 2.66. The van der Waals surface area contributed by atoms with E-state index in [1.807, 2.05) is 0 Å². The third kappa shape index (κ3) is 5.27. The Hall–Kier alpha value is -0.0800. The highest BCUT2D eigenvalue weighted by atomic mass is 16.3. The number of hydrogen-bond acceptors (Lipinski definition) is 2. The van der Waals surface area contributed by atoms with Gasteiger partial charge in [-0.15, -0.1) is 0 Å². The van der Waals surface area contributed by atoms with Gasteiger partial charge in [0.1, 0.15) is 0 Å². The van der Waals surface area contributed by atoms with Gasteiger partial charge in [-0.3, -0.25) is 0 Å². The molecule has 0 heterocycles. The van der Waals surface area contributed by atoms with Crippen LogP contribution in [0, 0.1) is 11.8 Å². The average molecular weight is 185 g/mol. The topological polar surface area (TPSA) is 32.3 Å². The lowest BCUT2D eigenvalue weighted by Crippen LogP contribution is -2.34. The van der Waals surface area contributed by atoms with Crippen molar-refractivity contribution in [3.8, 4) is 0 Å². The second-order valence-corrected chi connectivity index (χ2v) is 4.70. The number of aliphatic hydroxyl groups excluding tert-OH is 1. The molecule has 0 spiro atoms. The zero-order valence-corrected chi connectivity index (χ0v) is 8.92. The van der Waals surface area contributed by atoms with Gasteiger partial charge in [-0.1, -0.05) is 26.7 Å². The van der Waals surface area contributed by atoms with E-state index in [1.165, 1.54) is 19.3 Å². The summed E-state index contributed by atoms with van der Waals surface area (Å²) in [5.41, 5.74) is 0. The first-order chi connectivity index (χ1) is 6.22. The van der Waals surface area contributed by atoms with Crippen molar-refractivity contribution >= 4 is 0 Å². The number of nitrogens with one attached hydrogen (secondary N) is 1. The van der Waals surface area contributed by atoms with E-state index in [2.05, 4.69) is 19.2 Å². The first-order valence-electron chi connectivity index (χ1n) is 5.56. The molecule has 13 heavy (non-hydrogen) atoms. The van der Waals surface area contributed by atoms with Crippen molar-refractivity contribution in [2.45, 2.75) is 45.6 Å².